The number of carboxylic acid groups (broad SMARTS) is 1. The van der Waals surface area contributed by atoms with Crippen LogP contribution >= 0.6 is 11.8 Å². The van der Waals surface area contributed by atoms with Crippen LogP contribution in [0.15, 0.2) is 0 Å². The van der Waals surface area contributed by atoms with Crippen molar-refractivity contribution in [3.63, 3.8) is 0 Å². The summed E-state index contributed by atoms with van der Waals surface area (Å²) in [6, 6.07) is -1.65. The summed E-state index contributed by atoms with van der Waals surface area (Å²) in [5.74, 6) is -0.775. The number of aliphatic hydroxyl groups is 1. The molecule has 0 bridgehead atoms. The average molecular weight is 324 g/mol. The molecule has 0 aromatic rings. The smallest absolute Gasteiger partial charge is 0.328 e. The second kappa shape index (κ2) is 14.1. The summed E-state index contributed by atoms with van der Waals surface area (Å²) in [7, 11) is 0. The Labute approximate surface area is 130 Å². The lowest BCUT2D eigenvalue weighted by Gasteiger charge is -2.20. The van der Waals surface area contributed by atoms with Crippen LogP contribution in [0, 0.1) is 0 Å². The Bertz CT molecular complexity index is 292. The van der Waals surface area contributed by atoms with Crippen LogP contribution in [0.4, 0.5) is 0 Å². The quantitative estimate of drug-likeness (QED) is 0.362. The normalized spacial score (nSPS) is 13.1. The molecule has 0 aromatic heterocycles. The molecule has 0 saturated carbocycles. The summed E-state index contributed by atoms with van der Waals surface area (Å²) in [6.45, 7) is 2.24. The van der Waals surface area contributed by atoms with E-state index in [0.29, 0.717) is 6.42 Å². The molecule has 0 fully saturated rings. The Balaban J connectivity index is 0. The first kappa shape index (κ1) is 22.5. The predicted octanol–water partition coefficient (Wildman–Crippen LogP) is -0.375. The van der Waals surface area contributed by atoms with Crippen LogP contribution < -0.4 is 10.6 Å². The number of carbonyl (C=O) groups is 2. The molecular formula is C13H28N2O5S. The van der Waals surface area contributed by atoms with Gasteiger partial charge in [0, 0.05) is 0 Å². The van der Waals surface area contributed by atoms with Gasteiger partial charge in [-0.2, -0.15) is 11.8 Å². The van der Waals surface area contributed by atoms with Gasteiger partial charge in [0.25, 0.3) is 0 Å². The number of aliphatic hydroxyl groups excluding tert-OH is 1. The highest BCUT2D eigenvalue weighted by Crippen LogP contribution is 2.02. The SMILES string of the molecule is CCCCCNC(CCSC)C(=O)NC(CO)C(=O)O.O. The van der Waals surface area contributed by atoms with Gasteiger partial charge in [-0.3, -0.25) is 4.79 Å². The summed E-state index contributed by atoms with van der Waals surface area (Å²) < 4.78 is 0. The van der Waals surface area contributed by atoms with E-state index in [1.165, 1.54) is 0 Å². The molecule has 0 aliphatic heterocycles. The highest BCUT2D eigenvalue weighted by Gasteiger charge is 2.24. The van der Waals surface area contributed by atoms with Gasteiger partial charge in [-0.05, 0) is 31.4 Å². The third kappa shape index (κ3) is 10.5. The number of nitrogens with one attached hydrogen (secondary N) is 2. The maximum atomic E-state index is 12.0. The van der Waals surface area contributed by atoms with Gasteiger partial charge < -0.3 is 26.3 Å². The maximum absolute atomic E-state index is 12.0. The number of carboxylic acids is 1. The molecule has 0 radical (unpaired) electrons. The molecule has 2 unspecified atom stereocenters. The van der Waals surface area contributed by atoms with E-state index in [2.05, 4.69) is 17.6 Å². The number of amides is 1. The van der Waals surface area contributed by atoms with E-state index in [1.54, 1.807) is 11.8 Å². The number of rotatable bonds is 12. The molecule has 126 valence electrons. The van der Waals surface area contributed by atoms with Crippen molar-refractivity contribution in [2.45, 2.75) is 44.7 Å². The Morgan fingerprint density at radius 2 is 1.90 bits per heavy atom. The van der Waals surface area contributed by atoms with Gasteiger partial charge in [0.2, 0.25) is 5.91 Å². The van der Waals surface area contributed by atoms with E-state index in [9.17, 15) is 9.59 Å². The molecule has 7 nitrogen and oxygen atoms in total. The molecule has 2 atom stereocenters. The van der Waals surface area contributed by atoms with Crippen LogP contribution in [0.1, 0.15) is 32.6 Å². The summed E-state index contributed by atoms with van der Waals surface area (Å²) in [5.41, 5.74) is 0. The van der Waals surface area contributed by atoms with E-state index in [0.717, 1.165) is 31.6 Å². The fraction of sp³-hybridized carbons (Fsp3) is 0.846. The molecule has 0 aliphatic rings. The van der Waals surface area contributed by atoms with Crippen LogP contribution in [0.25, 0.3) is 0 Å². The minimum absolute atomic E-state index is 0. The van der Waals surface area contributed by atoms with E-state index < -0.39 is 24.7 Å². The zero-order valence-electron chi connectivity index (χ0n) is 12.7. The fourth-order valence-corrected chi connectivity index (χ4v) is 2.14. The van der Waals surface area contributed by atoms with Crippen LogP contribution in [-0.4, -0.2) is 64.8 Å². The first-order valence-electron chi connectivity index (χ1n) is 6.93. The molecular weight excluding hydrogens is 296 g/mol. The van der Waals surface area contributed by atoms with E-state index in [-0.39, 0.29) is 11.4 Å². The van der Waals surface area contributed by atoms with Crippen LogP contribution in [0.2, 0.25) is 0 Å². The van der Waals surface area contributed by atoms with Crippen LogP contribution in [-0.2, 0) is 9.59 Å². The highest BCUT2D eigenvalue weighted by atomic mass is 32.2. The first-order chi connectivity index (χ1) is 9.56. The summed E-state index contributed by atoms with van der Waals surface area (Å²) in [5, 5.41) is 23.3. The van der Waals surface area contributed by atoms with Crippen molar-refractivity contribution < 1.29 is 25.3 Å². The Kier molecular flexibility index (Phi) is 15.1. The average Bonchev–Trinajstić information content (AvgIpc) is 2.43. The molecule has 0 heterocycles. The molecule has 1 amide bonds. The second-order valence-corrected chi connectivity index (χ2v) is 5.56. The lowest BCUT2D eigenvalue weighted by Crippen LogP contribution is -2.51. The van der Waals surface area contributed by atoms with Gasteiger partial charge in [0.15, 0.2) is 0 Å². The lowest BCUT2D eigenvalue weighted by molar-refractivity contribution is -0.143. The van der Waals surface area contributed by atoms with Gasteiger partial charge >= 0.3 is 5.97 Å². The van der Waals surface area contributed by atoms with Crippen LogP contribution in [0.5, 0.6) is 0 Å². The molecule has 8 heteroatoms. The Morgan fingerprint density at radius 3 is 2.38 bits per heavy atom. The third-order valence-corrected chi connectivity index (χ3v) is 3.54. The number of aliphatic carboxylic acids is 1. The van der Waals surface area contributed by atoms with Crippen molar-refractivity contribution in [2.24, 2.45) is 0 Å². The Hall–Kier alpha value is -0.830. The number of hydrogen-bond donors (Lipinski definition) is 4. The summed E-state index contributed by atoms with van der Waals surface area (Å²) in [4.78, 5) is 22.8. The number of unbranched alkanes of at least 4 members (excludes halogenated alkanes) is 2. The fourth-order valence-electron chi connectivity index (χ4n) is 1.67. The molecule has 6 N–H and O–H groups in total. The summed E-state index contributed by atoms with van der Waals surface area (Å²) in [6.07, 6.45) is 5.78. The minimum atomic E-state index is -1.24. The standard InChI is InChI=1S/C13H26N2O4S.H2O/c1-3-4-5-7-14-10(6-8-20-2)12(17)15-11(9-16)13(18)19;/h10-11,14,16H,3-9H2,1-2H3,(H,15,17)(H,18,19);1H2. The molecule has 0 spiro atoms. The first-order valence-corrected chi connectivity index (χ1v) is 8.32. The summed E-state index contributed by atoms with van der Waals surface area (Å²) >= 11 is 1.64. The largest absolute Gasteiger partial charge is 0.480 e. The zero-order chi connectivity index (χ0) is 15.4. The van der Waals surface area contributed by atoms with Gasteiger partial charge in [-0.15, -0.1) is 0 Å². The van der Waals surface area contributed by atoms with Gasteiger partial charge in [0.1, 0.15) is 6.04 Å². The zero-order valence-corrected chi connectivity index (χ0v) is 13.5. The van der Waals surface area contributed by atoms with Gasteiger partial charge in [-0.25, -0.2) is 4.79 Å². The number of thioether (sulfide) groups is 1. The van der Waals surface area contributed by atoms with Gasteiger partial charge in [0.05, 0.1) is 12.6 Å². The van der Waals surface area contributed by atoms with Crippen molar-refractivity contribution >= 4 is 23.6 Å². The van der Waals surface area contributed by atoms with E-state index >= 15 is 0 Å². The van der Waals surface area contributed by atoms with E-state index in [4.69, 9.17) is 10.2 Å². The second-order valence-electron chi connectivity index (χ2n) is 4.58. The van der Waals surface area contributed by atoms with Crippen molar-refractivity contribution in [3.05, 3.63) is 0 Å². The molecule has 0 aliphatic carbocycles. The molecule has 21 heavy (non-hydrogen) atoms. The number of hydrogen-bond acceptors (Lipinski definition) is 5. The predicted molar refractivity (Wildman–Crippen MR) is 84.6 cm³/mol. The van der Waals surface area contributed by atoms with Crippen molar-refractivity contribution in [2.75, 3.05) is 25.2 Å². The third-order valence-electron chi connectivity index (χ3n) is 2.90. The van der Waals surface area contributed by atoms with E-state index in [1.807, 2.05) is 6.26 Å². The van der Waals surface area contributed by atoms with Gasteiger partial charge in [-0.1, -0.05) is 19.8 Å². The topological polar surface area (TPSA) is 130 Å². The molecule has 0 rings (SSSR count). The maximum Gasteiger partial charge on any atom is 0.328 e. The number of carbonyl (C=O) groups excluding carboxylic acids is 1. The molecule has 0 aromatic carbocycles. The van der Waals surface area contributed by atoms with Crippen molar-refractivity contribution in [1.82, 2.24) is 10.6 Å². The molecule has 0 saturated heterocycles. The lowest BCUT2D eigenvalue weighted by atomic mass is 10.1. The van der Waals surface area contributed by atoms with Crippen molar-refractivity contribution in [1.29, 1.82) is 0 Å². The van der Waals surface area contributed by atoms with Crippen molar-refractivity contribution in [3.8, 4) is 0 Å². The monoisotopic (exact) mass is 324 g/mol. The van der Waals surface area contributed by atoms with Crippen LogP contribution in [0.3, 0.4) is 0 Å². The highest BCUT2D eigenvalue weighted by molar-refractivity contribution is 7.98. The minimum Gasteiger partial charge on any atom is -0.480 e. The Morgan fingerprint density at radius 1 is 1.24 bits per heavy atom.